The lowest BCUT2D eigenvalue weighted by Gasteiger charge is -1.96. The number of hydrogen-bond donors (Lipinski definition) is 0. The zero-order valence-corrected chi connectivity index (χ0v) is 6.47. The van der Waals surface area contributed by atoms with Crippen LogP contribution >= 0.6 is 0 Å². The maximum absolute atomic E-state index is 8.08. The van der Waals surface area contributed by atoms with Gasteiger partial charge < -0.3 is 4.84 Å². The summed E-state index contributed by atoms with van der Waals surface area (Å²) in [6, 6.07) is 11.4. The molecule has 0 aliphatic rings. The maximum Gasteiger partial charge on any atom is 0.143 e. The van der Waals surface area contributed by atoms with E-state index in [0.717, 1.165) is 11.8 Å². The van der Waals surface area contributed by atoms with Gasteiger partial charge in [-0.15, -0.1) is 0 Å². The van der Waals surface area contributed by atoms with Gasteiger partial charge in [0.15, 0.2) is 0 Å². The molecular weight excluding hydrogens is 152 g/mol. The molecule has 3 heteroatoms. The highest BCUT2D eigenvalue weighted by Crippen LogP contribution is 1.99. The molecule has 0 radical (unpaired) electrons. The maximum atomic E-state index is 8.08. The Morgan fingerprint density at radius 1 is 1.42 bits per heavy atom. The third-order valence-electron chi connectivity index (χ3n) is 1.26. The fourth-order valence-electron chi connectivity index (χ4n) is 0.747. The van der Waals surface area contributed by atoms with Crippen LogP contribution in [0.5, 0.6) is 0 Å². The Morgan fingerprint density at radius 2 is 2.17 bits per heavy atom. The van der Waals surface area contributed by atoms with Gasteiger partial charge >= 0.3 is 0 Å². The summed E-state index contributed by atoms with van der Waals surface area (Å²) in [6.45, 7) is 0.402. The van der Waals surface area contributed by atoms with Crippen molar-refractivity contribution in [2.75, 3.05) is 0 Å². The highest BCUT2D eigenvalue weighted by molar-refractivity contribution is 5.74. The van der Waals surface area contributed by atoms with Crippen molar-refractivity contribution in [3.05, 3.63) is 35.9 Å². The first-order valence-corrected chi connectivity index (χ1v) is 3.51. The third kappa shape index (κ3) is 2.84. The summed E-state index contributed by atoms with van der Waals surface area (Å²) in [6.07, 6.45) is 1.06. The minimum absolute atomic E-state index is 0.402. The highest BCUT2D eigenvalue weighted by atomic mass is 16.6. The second-order valence-corrected chi connectivity index (χ2v) is 2.12. The van der Waals surface area contributed by atoms with Crippen LogP contribution in [0.25, 0.3) is 0 Å². The van der Waals surface area contributed by atoms with E-state index in [1.54, 1.807) is 6.07 Å². The average molecular weight is 160 g/mol. The highest BCUT2D eigenvalue weighted by Gasteiger charge is 1.87. The Hall–Kier alpha value is -1.82. The van der Waals surface area contributed by atoms with Crippen LogP contribution in [0.1, 0.15) is 5.56 Å². The Bertz CT molecular complexity index is 287. The van der Waals surface area contributed by atoms with Crippen LogP contribution in [0.15, 0.2) is 35.5 Å². The zero-order valence-electron chi connectivity index (χ0n) is 6.47. The Labute approximate surface area is 70.9 Å². The lowest BCUT2D eigenvalue weighted by Crippen LogP contribution is -1.85. The van der Waals surface area contributed by atoms with E-state index >= 15 is 0 Å². The first kappa shape index (κ1) is 8.28. The molecule has 3 nitrogen and oxygen atoms in total. The molecule has 0 N–H and O–H groups in total. The third-order valence-corrected chi connectivity index (χ3v) is 1.26. The van der Waals surface area contributed by atoms with Gasteiger partial charge in [-0.2, -0.15) is 5.26 Å². The monoisotopic (exact) mass is 160 g/mol. The van der Waals surface area contributed by atoms with Crippen molar-refractivity contribution in [2.45, 2.75) is 6.61 Å². The topological polar surface area (TPSA) is 45.4 Å². The van der Waals surface area contributed by atoms with Crippen molar-refractivity contribution < 1.29 is 4.84 Å². The molecule has 0 amide bonds. The molecule has 0 fully saturated rings. The van der Waals surface area contributed by atoms with Gasteiger partial charge in [-0.3, -0.25) is 0 Å². The lowest BCUT2D eigenvalue weighted by atomic mass is 10.2. The molecule has 0 heterocycles. The van der Waals surface area contributed by atoms with Gasteiger partial charge in [-0.25, -0.2) is 0 Å². The van der Waals surface area contributed by atoms with E-state index in [9.17, 15) is 0 Å². The molecule has 60 valence electrons. The van der Waals surface area contributed by atoms with Crippen molar-refractivity contribution in [3.8, 4) is 6.07 Å². The van der Waals surface area contributed by atoms with Gasteiger partial charge in [0.05, 0.1) is 0 Å². The van der Waals surface area contributed by atoms with E-state index in [0.29, 0.717) is 6.61 Å². The van der Waals surface area contributed by atoms with Gasteiger partial charge in [0.1, 0.15) is 18.9 Å². The Morgan fingerprint density at radius 3 is 2.83 bits per heavy atom. The molecule has 1 aromatic rings. The first-order valence-electron chi connectivity index (χ1n) is 3.51. The molecular formula is C9H8N2O. The molecule has 0 spiro atoms. The molecule has 12 heavy (non-hydrogen) atoms. The van der Waals surface area contributed by atoms with E-state index < -0.39 is 0 Å². The molecule has 0 saturated carbocycles. The van der Waals surface area contributed by atoms with Crippen molar-refractivity contribution in [1.82, 2.24) is 0 Å². The van der Waals surface area contributed by atoms with Gasteiger partial charge in [-0.1, -0.05) is 35.5 Å². The van der Waals surface area contributed by atoms with E-state index in [1.165, 1.54) is 0 Å². The average Bonchev–Trinajstić information content (AvgIpc) is 2.14. The standard InChI is InChI=1S/C9H8N2O/c10-6-7-11-12-8-9-4-2-1-3-5-9/h1-5,7H,8H2. The minimum Gasteiger partial charge on any atom is -0.390 e. The summed E-state index contributed by atoms with van der Waals surface area (Å²) in [4.78, 5) is 4.81. The van der Waals surface area contributed by atoms with Crippen molar-refractivity contribution in [2.24, 2.45) is 5.16 Å². The lowest BCUT2D eigenvalue weighted by molar-refractivity contribution is 0.132. The summed E-state index contributed by atoms with van der Waals surface area (Å²) >= 11 is 0. The summed E-state index contributed by atoms with van der Waals surface area (Å²) in [5, 5.41) is 11.5. The number of nitriles is 1. The quantitative estimate of drug-likeness (QED) is 0.499. The zero-order chi connectivity index (χ0) is 8.65. The van der Waals surface area contributed by atoms with Gasteiger partial charge in [0.25, 0.3) is 0 Å². The summed E-state index contributed by atoms with van der Waals surface area (Å²) in [5.74, 6) is 0. The summed E-state index contributed by atoms with van der Waals surface area (Å²) in [7, 11) is 0. The predicted molar refractivity (Wildman–Crippen MR) is 45.3 cm³/mol. The Kier molecular flexibility index (Phi) is 3.39. The van der Waals surface area contributed by atoms with Crippen LogP contribution < -0.4 is 0 Å². The largest absolute Gasteiger partial charge is 0.390 e. The smallest absolute Gasteiger partial charge is 0.143 e. The van der Waals surface area contributed by atoms with Crippen LogP contribution in [0.3, 0.4) is 0 Å². The first-order chi connectivity index (χ1) is 5.93. The van der Waals surface area contributed by atoms with Crippen LogP contribution in [-0.4, -0.2) is 6.21 Å². The predicted octanol–water partition coefficient (Wildman–Crippen LogP) is 1.71. The number of nitrogens with zero attached hydrogens (tertiary/aromatic N) is 2. The Balaban J connectivity index is 2.35. The van der Waals surface area contributed by atoms with E-state index in [2.05, 4.69) is 5.16 Å². The van der Waals surface area contributed by atoms with Crippen LogP contribution in [0, 0.1) is 11.3 Å². The van der Waals surface area contributed by atoms with Gasteiger partial charge in [-0.05, 0) is 5.56 Å². The molecule has 0 unspecified atom stereocenters. The number of benzene rings is 1. The second kappa shape index (κ2) is 4.91. The van der Waals surface area contributed by atoms with E-state index in [-0.39, 0.29) is 0 Å². The van der Waals surface area contributed by atoms with Crippen molar-refractivity contribution in [1.29, 1.82) is 5.26 Å². The SMILES string of the molecule is N#CC=NOCc1ccccc1. The number of hydrogen-bond acceptors (Lipinski definition) is 3. The molecule has 1 rings (SSSR count). The fourth-order valence-corrected chi connectivity index (χ4v) is 0.747. The molecule has 0 atom stereocenters. The molecule has 0 aliphatic heterocycles. The van der Waals surface area contributed by atoms with Crippen LogP contribution in [0.4, 0.5) is 0 Å². The van der Waals surface area contributed by atoms with E-state index in [4.69, 9.17) is 10.1 Å². The molecule has 0 bridgehead atoms. The molecule has 0 saturated heterocycles. The van der Waals surface area contributed by atoms with E-state index in [1.807, 2.05) is 30.3 Å². The minimum atomic E-state index is 0.402. The van der Waals surface area contributed by atoms with Gasteiger partial charge in [0.2, 0.25) is 0 Å². The van der Waals surface area contributed by atoms with Crippen molar-refractivity contribution in [3.63, 3.8) is 0 Å². The molecule has 0 aliphatic carbocycles. The molecule has 0 aromatic heterocycles. The van der Waals surface area contributed by atoms with Gasteiger partial charge in [0, 0.05) is 0 Å². The number of oxime groups is 1. The van der Waals surface area contributed by atoms with Crippen molar-refractivity contribution >= 4 is 6.21 Å². The fraction of sp³-hybridized carbons (Fsp3) is 0.111. The summed E-state index contributed by atoms with van der Waals surface area (Å²) in [5.41, 5.74) is 1.03. The molecule has 1 aromatic carbocycles. The van der Waals surface area contributed by atoms with Crippen LogP contribution in [0.2, 0.25) is 0 Å². The summed E-state index contributed by atoms with van der Waals surface area (Å²) < 4.78 is 0. The normalized spacial score (nSPS) is 9.58. The van der Waals surface area contributed by atoms with Crippen LogP contribution in [-0.2, 0) is 11.4 Å². The number of rotatable bonds is 3. The second-order valence-electron chi connectivity index (χ2n) is 2.12.